The third kappa shape index (κ3) is 9.18. The highest BCUT2D eigenvalue weighted by Crippen LogP contribution is 2.14. The third-order valence-corrected chi connectivity index (χ3v) is 7.07. The van der Waals surface area contributed by atoms with Crippen molar-refractivity contribution in [2.24, 2.45) is 10.2 Å². The van der Waals surface area contributed by atoms with Crippen molar-refractivity contribution in [3.05, 3.63) is 166 Å². The van der Waals surface area contributed by atoms with Gasteiger partial charge in [0.1, 0.15) is 0 Å². The van der Waals surface area contributed by atoms with Gasteiger partial charge in [0.05, 0.1) is 12.4 Å². The summed E-state index contributed by atoms with van der Waals surface area (Å²) < 4.78 is 0. The van der Waals surface area contributed by atoms with Crippen molar-refractivity contribution in [3.8, 4) is 0 Å². The molecule has 0 saturated heterocycles. The van der Waals surface area contributed by atoms with Crippen molar-refractivity contribution in [1.82, 2.24) is 10.9 Å². The number of hydrogen-bond donors (Lipinski definition) is 4. The number of anilines is 2. The zero-order chi connectivity index (χ0) is 33.9. The number of hydrogen-bond acceptors (Lipinski definition) is 6. The maximum absolute atomic E-state index is 12.5. The van der Waals surface area contributed by atoms with E-state index in [1.165, 1.54) is 12.4 Å². The second-order valence-electron chi connectivity index (χ2n) is 10.9. The average molecular weight is 637 g/mol. The number of nitrogens with one attached hydrogen (secondary N) is 4. The van der Waals surface area contributed by atoms with E-state index in [1.54, 1.807) is 97.1 Å². The van der Waals surface area contributed by atoms with Gasteiger partial charge in [0.2, 0.25) is 0 Å². The van der Waals surface area contributed by atoms with E-state index in [0.29, 0.717) is 33.6 Å². The molecule has 48 heavy (non-hydrogen) atoms. The number of carbonyl (C=O) groups excluding carboxylic acids is 4. The molecule has 0 spiro atoms. The molecule has 0 fully saturated rings. The molecule has 0 saturated carbocycles. The zero-order valence-corrected chi connectivity index (χ0v) is 26.2. The number of nitrogens with zero attached hydrogens (tertiary/aromatic N) is 2. The van der Waals surface area contributed by atoms with E-state index in [-0.39, 0.29) is 11.8 Å². The molecule has 5 rings (SSSR count). The van der Waals surface area contributed by atoms with Gasteiger partial charge >= 0.3 is 0 Å². The number of rotatable bonds is 10. The van der Waals surface area contributed by atoms with Crippen molar-refractivity contribution >= 4 is 47.4 Å². The summed E-state index contributed by atoms with van der Waals surface area (Å²) in [7, 11) is 0. The maximum Gasteiger partial charge on any atom is 0.271 e. The quantitative estimate of drug-likeness (QED) is 0.105. The first-order valence-corrected chi connectivity index (χ1v) is 15.0. The van der Waals surface area contributed by atoms with E-state index >= 15 is 0 Å². The summed E-state index contributed by atoms with van der Waals surface area (Å²) in [5.41, 5.74) is 11.4. The van der Waals surface area contributed by atoms with E-state index in [4.69, 9.17) is 0 Å². The van der Waals surface area contributed by atoms with E-state index in [2.05, 4.69) is 31.7 Å². The number of carbonyl (C=O) groups is 4. The smallest absolute Gasteiger partial charge is 0.271 e. The fraction of sp³-hybridized carbons (Fsp3) is 0.0526. The molecular weight excluding hydrogens is 604 g/mol. The van der Waals surface area contributed by atoms with E-state index in [0.717, 1.165) is 22.3 Å². The Labute approximate surface area is 277 Å². The Morgan fingerprint density at radius 2 is 0.833 bits per heavy atom. The molecule has 0 aliphatic heterocycles. The van der Waals surface area contributed by atoms with Crippen molar-refractivity contribution in [1.29, 1.82) is 0 Å². The molecule has 0 heterocycles. The molecular formula is C38H32N6O4. The number of amides is 4. The average Bonchev–Trinajstić information content (AvgIpc) is 3.09. The molecule has 0 unspecified atom stereocenters. The minimum Gasteiger partial charge on any atom is -0.322 e. The van der Waals surface area contributed by atoms with Gasteiger partial charge in [-0.25, -0.2) is 10.9 Å². The molecule has 0 radical (unpaired) electrons. The fourth-order valence-corrected chi connectivity index (χ4v) is 4.52. The Morgan fingerprint density at radius 1 is 0.458 bits per heavy atom. The molecule has 5 aromatic carbocycles. The number of hydrazone groups is 2. The molecule has 5 aromatic rings. The summed E-state index contributed by atoms with van der Waals surface area (Å²) >= 11 is 0. The van der Waals surface area contributed by atoms with Crippen LogP contribution in [0, 0.1) is 13.8 Å². The van der Waals surface area contributed by atoms with Gasteiger partial charge < -0.3 is 10.6 Å². The van der Waals surface area contributed by atoms with Crippen LogP contribution in [0.3, 0.4) is 0 Å². The topological polar surface area (TPSA) is 141 Å². The number of benzene rings is 5. The lowest BCUT2D eigenvalue weighted by Gasteiger charge is -2.07. The Bertz CT molecular complexity index is 1860. The van der Waals surface area contributed by atoms with Crippen LogP contribution in [-0.4, -0.2) is 36.1 Å². The van der Waals surface area contributed by atoms with Crippen LogP contribution in [-0.2, 0) is 0 Å². The second-order valence-corrected chi connectivity index (χ2v) is 10.9. The fourth-order valence-electron chi connectivity index (χ4n) is 4.52. The molecule has 0 aromatic heterocycles. The Hall–Kier alpha value is -6.68. The SMILES string of the molecule is Cc1cccc(C(=O)Nc2ccc(C(=O)N/N=C/c3ccc(/C=N/NC(=O)c4ccc(NC(=O)c5cccc(C)c5)cc4)cc3)cc2)c1. The highest BCUT2D eigenvalue weighted by atomic mass is 16.2. The number of aryl methyl sites for hydroxylation is 2. The maximum atomic E-state index is 12.5. The monoisotopic (exact) mass is 636 g/mol. The van der Waals surface area contributed by atoms with Crippen LogP contribution in [0.15, 0.2) is 132 Å². The summed E-state index contributed by atoms with van der Waals surface area (Å²) in [4.78, 5) is 49.9. The molecule has 4 amide bonds. The summed E-state index contributed by atoms with van der Waals surface area (Å²) in [6, 6.07) is 34.7. The predicted molar refractivity (Wildman–Crippen MR) is 188 cm³/mol. The highest BCUT2D eigenvalue weighted by Gasteiger charge is 2.10. The van der Waals surface area contributed by atoms with Crippen LogP contribution in [0.2, 0.25) is 0 Å². The molecule has 10 nitrogen and oxygen atoms in total. The van der Waals surface area contributed by atoms with Gasteiger partial charge in [0.15, 0.2) is 0 Å². The van der Waals surface area contributed by atoms with E-state index < -0.39 is 11.8 Å². The van der Waals surface area contributed by atoms with Crippen LogP contribution in [0.5, 0.6) is 0 Å². The Balaban J connectivity index is 1.06. The Kier molecular flexibility index (Phi) is 10.6. The van der Waals surface area contributed by atoms with Gasteiger partial charge in [-0.15, -0.1) is 0 Å². The minimum absolute atomic E-state index is 0.230. The molecule has 0 bridgehead atoms. The lowest BCUT2D eigenvalue weighted by molar-refractivity contribution is 0.0947. The lowest BCUT2D eigenvalue weighted by atomic mass is 10.1. The second kappa shape index (κ2) is 15.5. The largest absolute Gasteiger partial charge is 0.322 e. The minimum atomic E-state index is -0.399. The van der Waals surface area contributed by atoms with Gasteiger partial charge in [0.25, 0.3) is 23.6 Å². The zero-order valence-electron chi connectivity index (χ0n) is 26.2. The van der Waals surface area contributed by atoms with Crippen LogP contribution in [0.1, 0.15) is 63.7 Å². The summed E-state index contributed by atoms with van der Waals surface area (Å²) in [6.07, 6.45) is 3.01. The van der Waals surface area contributed by atoms with Crippen LogP contribution >= 0.6 is 0 Å². The van der Waals surface area contributed by atoms with E-state index in [1.807, 2.05) is 38.1 Å². The first-order valence-electron chi connectivity index (χ1n) is 15.0. The molecule has 10 heteroatoms. The Morgan fingerprint density at radius 3 is 1.19 bits per heavy atom. The molecule has 0 aliphatic carbocycles. The van der Waals surface area contributed by atoms with Gasteiger partial charge in [-0.05, 0) is 97.8 Å². The predicted octanol–water partition coefficient (Wildman–Crippen LogP) is 6.34. The van der Waals surface area contributed by atoms with Gasteiger partial charge in [0, 0.05) is 33.6 Å². The van der Waals surface area contributed by atoms with Crippen molar-refractivity contribution in [2.45, 2.75) is 13.8 Å². The van der Waals surface area contributed by atoms with Crippen molar-refractivity contribution in [3.63, 3.8) is 0 Å². The summed E-state index contributed by atoms with van der Waals surface area (Å²) in [6.45, 7) is 3.84. The van der Waals surface area contributed by atoms with E-state index in [9.17, 15) is 19.2 Å². The standard InChI is InChI=1S/C38H32N6O4/c1-25-5-3-7-31(21-25)35(45)41-33-17-13-29(14-18-33)37(47)43-39-23-27-9-11-28(12-10-27)24-40-44-38(48)30-15-19-34(20-16-30)42-36(46)32-8-4-6-26(2)22-32/h3-24H,1-2H3,(H,41,45)(H,42,46)(H,43,47)(H,44,48)/b39-23+,40-24+. The highest BCUT2D eigenvalue weighted by molar-refractivity contribution is 6.05. The van der Waals surface area contributed by atoms with Crippen LogP contribution in [0.25, 0.3) is 0 Å². The van der Waals surface area contributed by atoms with Crippen LogP contribution in [0.4, 0.5) is 11.4 Å². The van der Waals surface area contributed by atoms with Crippen molar-refractivity contribution < 1.29 is 19.2 Å². The summed E-state index contributed by atoms with van der Waals surface area (Å²) in [5, 5.41) is 13.7. The lowest BCUT2D eigenvalue weighted by Crippen LogP contribution is -2.18. The first kappa shape index (κ1) is 32.7. The van der Waals surface area contributed by atoms with Crippen LogP contribution < -0.4 is 21.5 Å². The molecule has 0 atom stereocenters. The normalized spacial score (nSPS) is 10.9. The van der Waals surface area contributed by atoms with Gasteiger partial charge in [-0.1, -0.05) is 59.7 Å². The van der Waals surface area contributed by atoms with Gasteiger partial charge in [-0.2, -0.15) is 10.2 Å². The van der Waals surface area contributed by atoms with Gasteiger partial charge in [-0.3, -0.25) is 19.2 Å². The molecule has 0 aliphatic rings. The summed E-state index contributed by atoms with van der Waals surface area (Å²) in [5.74, 6) is -1.26. The third-order valence-electron chi connectivity index (χ3n) is 7.07. The van der Waals surface area contributed by atoms with Crippen molar-refractivity contribution in [2.75, 3.05) is 10.6 Å². The molecule has 4 N–H and O–H groups in total. The molecule has 238 valence electrons. The first-order chi connectivity index (χ1) is 23.2.